The van der Waals surface area contributed by atoms with E-state index in [0.29, 0.717) is 0 Å². The number of pyridine rings is 1. The van der Waals surface area contributed by atoms with Crippen LogP contribution >= 0.6 is 22.7 Å². The first-order valence-electron chi connectivity index (χ1n) is 8.22. The third kappa shape index (κ3) is 4.29. The van der Waals surface area contributed by atoms with Crippen LogP contribution in [-0.4, -0.2) is 20.7 Å². The molecular weight excluding hydrogens is 350 g/mol. The van der Waals surface area contributed by atoms with Crippen molar-refractivity contribution in [2.45, 2.75) is 40.5 Å². The topological polar surface area (TPSA) is 63.1 Å². The first-order valence-corrected chi connectivity index (χ1v) is 9.92. The number of thiazole rings is 2. The number of anilines is 1. The number of nitrogens with one attached hydrogen (secondary N) is 1. The lowest BCUT2D eigenvalue weighted by molar-refractivity contribution is 0.883. The molecule has 0 atom stereocenters. The molecule has 0 aromatic carbocycles. The van der Waals surface area contributed by atoms with E-state index in [1.165, 1.54) is 0 Å². The maximum Gasteiger partial charge on any atom is 0.203 e. The van der Waals surface area contributed by atoms with Crippen LogP contribution in [0.1, 0.15) is 42.2 Å². The van der Waals surface area contributed by atoms with Gasteiger partial charge >= 0.3 is 0 Å². The minimum Gasteiger partial charge on any atom is -0.261 e. The van der Waals surface area contributed by atoms with Crippen molar-refractivity contribution < 1.29 is 0 Å². The number of rotatable bonds is 6. The third-order valence-corrected chi connectivity index (χ3v) is 5.81. The lowest BCUT2D eigenvalue weighted by atomic mass is 10.2. The molecule has 0 radical (unpaired) electrons. The average Bonchev–Trinajstić information content (AvgIpc) is 3.19. The zero-order chi connectivity index (χ0) is 17.8. The summed E-state index contributed by atoms with van der Waals surface area (Å²) in [7, 11) is 0. The van der Waals surface area contributed by atoms with E-state index in [0.717, 1.165) is 56.2 Å². The minimum atomic E-state index is 0.803. The van der Waals surface area contributed by atoms with E-state index in [4.69, 9.17) is 4.98 Å². The summed E-state index contributed by atoms with van der Waals surface area (Å²) in [5.74, 6) is 0. The van der Waals surface area contributed by atoms with Gasteiger partial charge in [0.05, 0.1) is 22.0 Å². The molecule has 130 valence electrons. The quantitative estimate of drug-likeness (QED) is 0.485. The Labute approximate surface area is 155 Å². The Bertz CT molecular complexity index is 895. The van der Waals surface area contributed by atoms with E-state index in [1.807, 2.05) is 38.4 Å². The van der Waals surface area contributed by atoms with E-state index in [1.54, 1.807) is 22.7 Å². The van der Waals surface area contributed by atoms with Gasteiger partial charge in [-0.05, 0) is 39.3 Å². The van der Waals surface area contributed by atoms with Gasteiger partial charge < -0.3 is 0 Å². The first-order chi connectivity index (χ1) is 12.1. The summed E-state index contributed by atoms with van der Waals surface area (Å²) in [6.45, 7) is 8.15. The highest BCUT2D eigenvalue weighted by molar-refractivity contribution is 7.17. The molecule has 3 heterocycles. The van der Waals surface area contributed by atoms with Gasteiger partial charge in [0.2, 0.25) is 5.13 Å². The van der Waals surface area contributed by atoms with Gasteiger partial charge in [0, 0.05) is 22.8 Å². The predicted octanol–water partition coefficient (Wildman–Crippen LogP) is 5.07. The van der Waals surface area contributed by atoms with E-state index >= 15 is 0 Å². The number of hydrogen-bond donors (Lipinski definition) is 1. The highest BCUT2D eigenvalue weighted by Gasteiger charge is 2.13. The summed E-state index contributed by atoms with van der Waals surface area (Å²) in [5, 5.41) is 8.28. The lowest BCUT2D eigenvalue weighted by Crippen LogP contribution is -1.99. The van der Waals surface area contributed by atoms with Crippen molar-refractivity contribution in [3.05, 3.63) is 45.7 Å². The molecule has 0 saturated heterocycles. The van der Waals surface area contributed by atoms with Gasteiger partial charge in [-0.15, -0.1) is 22.7 Å². The summed E-state index contributed by atoms with van der Waals surface area (Å²) >= 11 is 3.21. The van der Waals surface area contributed by atoms with Crippen LogP contribution in [-0.2, 0) is 6.42 Å². The molecule has 3 aromatic rings. The van der Waals surface area contributed by atoms with Crippen molar-refractivity contribution in [2.24, 2.45) is 5.10 Å². The Hall–Kier alpha value is -2.12. The monoisotopic (exact) mass is 371 g/mol. The highest BCUT2D eigenvalue weighted by Crippen LogP contribution is 2.29. The Balaban J connectivity index is 1.83. The molecule has 3 aromatic heterocycles. The summed E-state index contributed by atoms with van der Waals surface area (Å²) in [5.41, 5.74) is 8.17. The maximum absolute atomic E-state index is 4.73. The van der Waals surface area contributed by atoms with Gasteiger partial charge in [-0.25, -0.2) is 9.97 Å². The fraction of sp³-hybridized carbons (Fsp3) is 0.333. The van der Waals surface area contributed by atoms with Crippen molar-refractivity contribution in [3.63, 3.8) is 0 Å². The van der Waals surface area contributed by atoms with Gasteiger partial charge in [0.1, 0.15) is 5.01 Å². The summed E-state index contributed by atoms with van der Waals surface area (Å²) in [6.07, 6.45) is 3.94. The number of hydrazone groups is 1. The molecule has 0 aliphatic carbocycles. The van der Waals surface area contributed by atoms with Crippen LogP contribution in [0.2, 0.25) is 0 Å². The van der Waals surface area contributed by atoms with Crippen LogP contribution in [0.15, 0.2) is 28.8 Å². The van der Waals surface area contributed by atoms with Gasteiger partial charge in [-0.3, -0.25) is 10.4 Å². The van der Waals surface area contributed by atoms with Crippen LogP contribution in [0.5, 0.6) is 0 Å². The molecule has 3 rings (SSSR count). The standard InChI is InChI=1S/C18H21N5S2/c1-5-6-15-9-14(7-8-19-15)17-21-12(3)16(25-17)13(4)22-23-18-20-11(2)10-24-18/h7-10H,5-6H2,1-4H3,(H,20,23)/b22-13+. The van der Waals surface area contributed by atoms with E-state index in [-0.39, 0.29) is 0 Å². The zero-order valence-electron chi connectivity index (χ0n) is 14.8. The van der Waals surface area contributed by atoms with Crippen LogP contribution < -0.4 is 5.43 Å². The largest absolute Gasteiger partial charge is 0.261 e. The van der Waals surface area contributed by atoms with E-state index in [2.05, 4.69) is 33.5 Å². The molecular formula is C18H21N5S2. The normalized spacial score (nSPS) is 11.8. The maximum atomic E-state index is 4.73. The highest BCUT2D eigenvalue weighted by atomic mass is 32.1. The van der Waals surface area contributed by atoms with Crippen LogP contribution in [0, 0.1) is 13.8 Å². The second kappa shape index (κ2) is 7.84. The predicted molar refractivity (Wildman–Crippen MR) is 107 cm³/mol. The van der Waals surface area contributed by atoms with Crippen molar-refractivity contribution >= 4 is 33.5 Å². The van der Waals surface area contributed by atoms with Crippen molar-refractivity contribution in [2.75, 3.05) is 5.43 Å². The van der Waals surface area contributed by atoms with Crippen LogP contribution in [0.4, 0.5) is 5.13 Å². The Morgan fingerprint density at radius 2 is 2.12 bits per heavy atom. The molecule has 0 fully saturated rings. The van der Waals surface area contributed by atoms with Crippen molar-refractivity contribution in [1.82, 2.24) is 15.0 Å². The van der Waals surface area contributed by atoms with Gasteiger partial charge in [0.25, 0.3) is 0 Å². The Morgan fingerprint density at radius 1 is 1.28 bits per heavy atom. The molecule has 0 aliphatic rings. The number of aryl methyl sites for hydroxylation is 3. The summed E-state index contributed by atoms with van der Waals surface area (Å²) in [4.78, 5) is 14.6. The second-order valence-corrected chi connectivity index (χ2v) is 7.68. The number of nitrogens with zero attached hydrogens (tertiary/aromatic N) is 4. The minimum absolute atomic E-state index is 0.803. The Kier molecular flexibility index (Phi) is 5.55. The van der Waals surface area contributed by atoms with Crippen LogP contribution in [0.3, 0.4) is 0 Å². The van der Waals surface area contributed by atoms with Crippen LogP contribution in [0.25, 0.3) is 10.6 Å². The molecule has 0 bridgehead atoms. The summed E-state index contributed by atoms with van der Waals surface area (Å²) in [6, 6.07) is 4.15. The second-order valence-electron chi connectivity index (χ2n) is 5.82. The smallest absolute Gasteiger partial charge is 0.203 e. The van der Waals surface area contributed by atoms with Crippen molar-refractivity contribution in [3.8, 4) is 10.6 Å². The SMILES string of the molecule is CCCc1cc(-c2nc(C)c(/C(C)=N/Nc3nc(C)cs3)s2)ccn1. The number of aromatic nitrogens is 3. The number of hydrogen-bond acceptors (Lipinski definition) is 7. The summed E-state index contributed by atoms with van der Waals surface area (Å²) < 4.78 is 0. The molecule has 0 amide bonds. The molecule has 1 N–H and O–H groups in total. The van der Waals surface area contributed by atoms with E-state index < -0.39 is 0 Å². The third-order valence-electron chi connectivity index (χ3n) is 3.63. The first kappa shape index (κ1) is 17.7. The van der Waals surface area contributed by atoms with Gasteiger partial charge in [-0.1, -0.05) is 13.3 Å². The fourth-order valence-corrected chi connectivity index (χ4v) is 4.08. The molecule has 0 aliphatic heterocycles. The molecule has 0 spiro atoms. The van der Waals surface area contributed by atoms with Crippen molar-refractivity contribution in [1.29, 1.82) is 0 Å². The lowest BCUT2D eigenvalue weighted by Gasteiger charge is -2.00. The van der Waals surface area contributed by atoms with Gasteiger partial charge in [-0.2, -0.15) is 5.10 Å². The molecule has 0 unspecified atom stereocenters. The van der Waals surface area contributed by atoms with Gasteiger partial charge in [0.15, 0.2) is 0 Å². The zero-order valence-corrected chi connectivity index (χ0v) is 16.5. The fourth-order valence-electron chi connectivity index (χ4n) is 2.45. The van der Waals surface area contributed by atoms with E-state index in [9.17, 15) is 0 Å². The molecule has 25 heavy (non-hydrogen) atoms. The average molecular weight is 372 g/mol. The molecule has 7 heteroatoms. The molecule has 5 nitrogen and oxygen atoms in total. The Morgan fingerprint density at radius 3 is 2.84 bits per heavy atom. The molecule has 0 saturated carbocycles.